The molecule has 3 aromatic rings. The molecule has 136 valence electrons. The van der Waals surface area contributed by atoms with Crippen molar-refractivity contribution >= 4 is 11.8 Å². The van der Waals surface area contributed by atoms with Crippen molar-refractivity contribution in [2.45, 2.75) is 25.9 Å². The highest BCUT2D eigenvalue weighted by Crippen LogP contribution is 2.26. The van der Waals surface area contributed by atoms with Crippen LogP contribution in [0.25, 0.3) is 11.3 Å². The number of hydrogen-bond acceptors (Lipinski definition) is 4. The molecule has 2 amide bonds. The molecule has 0 radical (unpaired) electrons. The number of primary amides is 1. The summed E-state index contributed by atoms with van der Waals surface area (Å²) in [5.41, 5.74) is 9.73. The Kier molecular flexibility index (Phi) is 4.24. The van der Waals surface area contributed by atoms with Crippen LogP contribution in [0, 0.1) is 6.92 Å². The summed E-state index contributed by atoms with van der Waals surface area (Å²) < 4.78 is 5.35. The molecule has 6 nitrogen and oxygen atoms in total. The largest absolute Gasteiger partial charge is 0.368 e. The van der Waals surface area contributed by atoms with E-state index in [1.807, 2.05) is 55.5 Å². The van der Waals surface area contributed by atoms with Crippen molar-refractivity contribution in [3.63, 3.8) is 0 Å². The standard InChI is InChI=1S/C21H19N3O3/c1-13-6-8-14(9-7-13)19-11-17(23-27-19)21(26)24-12-16-5-3-2-4-15(16)10-18(24)20(22)25/h2-9,11,18H,10,12H2,1H3,(H2,22,25)/t18-/m1/s1. The number of rotatable bonds is 3. The van der Waals surface area contributed by atoms with E-state index in [-0.39, 0.29) is 11.6 Å². The van der Waals surface area contributed by atoms with Crippen molar-refractivity contribution in [1.82, 2.24) is 10.1 Å². The molecule has 1 atom stereocenters. The first kappa shape index (κ1) is 17.0. The van der Waals surface area contributed by atoms with Gasteiger partial charge in [0.1, 0.15) is 6.04 Å². The summed E-state index contributed by atoms with van der Waals surface area (Å²) in [7, 11) is 0. The second-order valence-electron chi connectivity index (χ2n) is 6.77. The molecule has 0 unspecified atom stereocenters. The summed E-state index contributed by atoms with van der Waals surface area (Å²) in [4.78, 5) is 26.4. The van der Waals surface area contributed by atoms with E-state index in [2.05, 4.69) is 5.16 Å². The van der Waals surface area contributed by atoms with Gasteiger partial charge in [0.2, 0.25) is 5.91 Å². The summed E-state index contributed by atoms with van der Waals surface area (Å²) >= 11 is 0. The van der Waals surface area contributed by atoms with Crippen LogP contribution < -0.4 is 5.73 Å². The first-order valence-corrected chi connectivity index (χ1v) is 8.74. The fourth-order valence-electron chi connectivity index (χ4n) is 3.37. The van der Waals surface area contributed by atoms with Gasteiger partial charge < -0.3 is 15.2 Å². The minimum atomic E-state index is -0.702. The van der Waals surface area contributed by atoms with Crippen molar-refractivity contribution in [3.05, 3.63) is 77.0 Å². The molecule has 2 N–H and O–H groups in total. The summed E-state index contributed by atoms with van der Waals surface area (Å²) in [5.74, 6) is -0.387. The van der Waals surface area contributed by atoms with Crippen LogP contribution in [0.2, 0.25) is 0 Å². The van der Waals surface area contributed by atoms with Gasteiger partial charge in [0.05, 0.1) is 0 Å². The van der Waals surface area contributed by atoms with Gasteiger partial charge >= 0.3 is 0 Å². The maximum atomic E-state index is 13.0. The van der Waals surface area contributed by atoms with E-state index in [4.69, 9.17) is 10.3 Å². The number of fused-ring (bicyclic) bond motifs is 1. The smallest absolute Gasteiger partial charge is 0.277 e. The molecule has 4 rings (SSSR count). The predicted molar refractivity (Wildman–Crippen MR) is 99.7 cm³/mol. The fourth-order valence-corrected chi connectivity index (χ4v) is 3.37. The van der Waals surface area contributed by atoms with Crippen molar-refractivity contribution < 1.29 is 14.1 Å². The first-order valence-electron chi connectivity index (χ1n) is 8.74. The average Bonchev–Trinajstić information content (AvgIpc) is 3.17. The molecule has 1 aromatic heterocycles. The summed E-state index contributed by atoms with van der Waals surface area (Å²) in [6.45, 7) is 2.31. The monoisotopic (exact) mass is 361 g/mol. The third kappa shape index (κ3) is 3.21. The van der Waals surface area contributed by atoms with Gasteiger partial charge in [-0.2, -0.15) is 0 Å². The van der Waals surface area contributed by atoms with E-state index in [1.54, 1.807) is 6.07 Å². The Morgan fingerprint density at radius 2 is 1.81 bits per heavy atom. The number of carbonyl (C=O) groups excluding carboxylic acids is 2. The highest BCUT2D eigenvalue weighted by Gasteiger charge is 2.35. The second-order valence-corrected chi connectivity index (χ2v) is 6.77. The zero-order valence-corrected chi connectivity index (χ0v) is 14.9. The Morgan fingerprint density at radius 3 is 2.52 bits per heavy atom. The van der Waals surface area contributed by atoms with Gasteiger partial charge in [-0.3, -0.25) is 9.59 Å². The molecule has 2 aromatic carbocycles. The Morgan fingerprint density at radius 1 is 1.11 bits per heavy atom. The average molecular weight is 361 g/mol. The van der Waals surface area contributed by atoms with E-state index >= 15 is 0 Å². The summed E-state index contributed by atoms with van der Waals surface area (Å²) in [5, 5.41) is 3.92. The Balaban J connectivity index is 1.63. The second kappa shape index (κ2) is 6.72. The summed E-state index contributed by atoms with van der Waals surface area (Å²) in [6.07, 6.45) is 0.403. The number of hydrogen-bond donors (Lipinski definition) is 1. The topological polar surface area (TPSA) is 89.4 Å². The molecule has 0 saturated carbocycles. The molecule has 0 aliphatic carbocycles. The van der Waals surface area contributed by atoms with E-state index < -0.39 is 11.9 Å². The SMILES string of the molecule is Cc1ccc(-c2cc(C(=O)N3Cc4ccccc4C[C@@H]3C(N)=O)no2)cc1. The third-order valence-corrected chi connectivity index (χ3v) is 4.90. The van der Waals surface area contributed by atoms with Gasteiger partial charge in [0.15, 0.2) is 11.5 Å². The normalized spacial score (nSPS) is 16.0. The number of amides is 2. The number of nitrogens with two attached hydrogens (primary N) is 1. The number of benzene rings is 2. The van der Waals surface area contributed by atoms with Crippen molar-refractivity contribution in [3.8, 4) is 11.3 Å². The van der Waals surface area contributed by atoms with E-state index in [0.717, 1.165) is 22.3 Å². The van der Waals surface area contributed by atoms with Gasteiger partial charge in [-0.15, -0.1) is 0 Å². The number of carbonyl (C=O) groups is 2. The minimum absolute atomic E-state index is 0.163. The lowest BCUT2D eigenvalue weighted by molar-refractivity contribution is -0.122. The van der Waals surface area contributed by atoms with Crippen LogP contribution in [-0.2, 0) is 17.8 Å². The van der Waals surface area contributed by atoms with Crippen LogP contribution in [0.3, 0.4) is 0 Å². The van der Waals surface area contributed by atoms with Gasteiger partial charge in [0, 0.05) is 24.6 Å². The van der Waals surface area contributed by atoms with Crippen molar-refractivity contribution in [2.24, 2.45) is 5.73 Å². The molecule has 1 aliphatic heterocycles. The van der Waals surface area contributed by atoms with Crippen LogP contribution >= 0.6 is 0 Å². The predicted octanol–water partition coefficient (Wildman–Crippen LogP) is 2.70. The molecule has 0 fully saturated rings. The maximum Gasteiger partial charge on any atom is 0.277 e. The van der Waals surface area contributed by atoms with Gasteiger partial charge in [-0.25, -0.2) is 0 Å². The van der Waals surface area contributed by atoms with E-state index in [9.17, 15) is 9.59 Å². The van der Waals surface area contributed by atoms with Crippen LogP contribution in [0.1, 0.15) is 27.2 Å². The fraction of sp³-hybridized carbons (Fsp3) is 0.190. The first-order chi connectivity index (χ1) is 13.0. The van der Waals surface area contributed by atoms with Crippen LogP contribution in [0.15, 0.2) is 59.1 Å². The lowest BCUT2D eigenvalue weighted by Crippen LogP contribution is -2.51. The van der Waals surface area contributed by atoms with Crippen LogP contribution in [-0.4, -0.2) is 27.9 Å². The molecule has 1 aliphatic rings. The highest BCUT2D eigenvalue weighted by molar-refractivity contribution is 5.96. The molecule has 0 spiro atoms. The zero-order chi connectivity index (χ0) is 19.0. The van der Waals surface area contributed by atoms with E-state index in [1.165, 1.54) is 4.90 Å². The van der Waals surface area contributed by atoms with Crippen LogP contribution in [0.5, 0.6) is 0 Å². The van der Waals surface area contributed by atoms with E-state index in [0.29, 0.717) is 18.7 Å². The zero-order valence-electron chi connectivity index (χ0n) is 14.9. The minimum Gasteiger partial charge on any atom is -0.368 e. The molecule has 0 bridgehead atoms. The molecule has 2 heterocycles. The Hall–Kier alpha value is -3.41. The number of aryl methyl sites for hydroxylation is 1. The molecule has 6 heteroatoms. The maximum absolute atomic E-state index is 13.0. The van der Waals surface area contributed by atoms with Crippen molar-refractivity contribution in [2.75, 3.05) is 0 Å². The van der Waals surface area contributed by atoms with Crippen molar-refractivity contribution in [1.29, 1.82) is 0 Å². The summed E-state index contributed by atoms with van der Waals surface area (Å²) in [6, 6.07) is 16.4. The third-order valence-electron chi connectivity index (χ3n) is 4.90. The molecule has 27 heavy (non-hydrogen) atoms. The van der Waals surface area contributed by atoms with Gasteiger partial charge in [-0.1, -0.05) is 59.3 Å². The Labute approximate surface area is 156 Å². The lowest BCUT2D eigenvalue weighted by Gasteiger charge is -2.34. The Bertz CT molecular complexity index is 1010. The molecular formula is C21H19N3O3. The van der Waals surface area contributed by atoms with Gasteiger partial charge in [0.25, 0.3) is 5.91 Å². The van der Waals surface area contributed by atoms with Crippen LogP contribution in [0.4, 0.5) is 0 Å². The van der Waals surface area contributed by atoms with Gasteiger partial charge in [-0.05, 0) is 18.1 Å². The highest BCUT2D eigenvalue weighted by atomic mass is 16.5. The number of nitrogens with zero attached hydrogens (tertiary/aromatic N) is 2. The lowest BCUT2D eigenvalue weighted by atomic mass is 9.93. The molecule has 0 saturated heterocycles. The number of aromatic nitrogens is 1. The quantitative estimate of drug-likeness (QED) is 0.777. The molecular weight excluding hydrogens is 342 g/mol.